The highest BCUT2D eigenvalue weighted by molar-refractivity contribution is 6.34. The van der Waals surface area contributed by atoms with Crippen LogP contribution in [0.4, 0.5) is 10.1 Å². The molecule has 1 aliphatic rings. The Balaban J connectivity index is 1.45. The van der Waals surface area contributed by atoms with Crippen molar-refractivity contribution in [2.75, 3.05) is 18.5 Å². The van der Waals surface area contributed by atoms with Crippen LogP contribution in [0.1, 0.15) is 10.4 Å². The molecule has 3 aromatic carbocycles. The van der Waals surface area contributed by atoms with Crippen molar-refractivity contribution in [1.29, 1.82) is 0 Å². The van der Waals surface area contributed by atoms with E-state index < -0.39 is 11.7 Å². The van der Waals surface area contributed by atoms with E-state index in [4.69, 9.17) is 21.1 Å². The van der Waals surface area contributed by atoms with E-state index in [1.807, 2.05) is 18.2 Å². The van der Waals surface area contributed by atoms with E-state index in [1.54, 1.807) is 18.2 Å². The maximum atomic E-state index is 14.0. The fraction of sp³-hybridized carbons (Fsp3) is 0.0909. The quantitative estimate of drug-likeness (QED) is 0.483. The lowest BCUT2D eigenvalue weighted by molar-refractivity contribution is 0.102. The van der Waals surface area contributed by atoms with Crippen molar-refractivity contribution in [3.8, 4) is 22.9 Å². The molecule has 1 amide bonds. The van der Waals surface area contributed by atoms with Crippen LogP contribution < -0.4 is 14.8 Å². The van der Waals surface area contributed by atoms with Crippen LogP contribution in [0.5, 0.6) is 11.5 Å². The summed E-state index contributed by atoms with van der Waals surface area (Å²) in [6.45, 7) is 1.01. The third-order valence-electron chi connectivity index (χ3n) is 4.73. The number of carbonyl (C=O) groups is 1. The van der Waals surface area contributed by atoms with Gasteiger partial charge in [-0.15, -0.1) is 0 Å². The maximum absolute atomic E-state index is 14.0. The number of hydrogen-bond donors (Lipinski definition) is 2. The van der Waals surface area contributed by atoms with Gasteiger partial charge in [0.1, 0.15) is 24.9 Å². The molecular formula is C22H15ClFN3O3. The van der Waals surface area contributed by atoms with Crippen LogP contribution in [0.15, 0.2) is 54.6 Å². The minimum Gasteiger partial charge on any atom is -0.486 e. The van der Waals surface area contributed by atoms with Gasteiger partial charge in [-0.25, -0.2) is 9.37 Å². The third kappa shape index (κ3) is 3.33. The number of nitrogens with one attached hydrogen (secondary N) is 2. The van der Waals surface area contributed by atoms with Crippen molar-refractivity contribution in [2.45, 2.75) is 0 Å². The summed E-state index contributed by atoms with van der Waals surface area (Å²) in [5.41, 5.74) is 2.59. The average molecular weight is 424 g/mol. The maximum Gasteiger partial charge on any atom is 0.260 e. The van der Waals surface area contributed by atoms with Crippen molar-refractivity contribution in [1.82, 2.24) is 9.97 Å². The molecule has 0 atom stereocenters. The van der Waals surface area contributed by atoms with Gasteiger partial charge in [-0.05, 0) is 24.3 Å². The second-order valence-corrected chi connectivity index (χ2v) is 7.14. The largest absolute Gasteiger partial charge is 0.486 e. The zero-order valence-corrected chi connectivity index (χ0v) is 16.3. The summed E-state index contributed by atoms with van der Waals surface area (Å²) in [5.74, 6) is 0.650. The van der Waals surface area contributed by atoms with Gasteiger partial charge in [0.2, 0.25) is 0 Å². The first-order chi connectivity index (χ1) is 14.6. The predicted octanol–water partition coefficient (Wildman–Crippen LogP) is 5.05. The van der Waals surface area contributed by atoms with Crippen molar-refractivity contribution >= 4 is 34.2 Å². The van der Waals surface area contributed by atoms with Crippen LogP contribution in [-0.2, 0) is 0 Å². The van der Waals surface area contributed by atoms with Gasteiger partial charge in [0.05, 0.1) is 21.6 Å². The van der Waals surface area contributed by atoms with Gasteiger partial charge >= 0.3 is 0 Å². The van der Waals surface area contributed by atoms with Crippen molar-refractivity contribution in [3.05, 3.63) is 71.0 Å². The molecule has 0 saturated carbocycles. The van der Waals surface area contributed by atoms with Gasteiger partial charge in [-0.3, -0.25) is 4.79 Å². The number of anilines is 1. The van der Waals surface area contributed by atoms with Gasteiger partial charge in [0.25, 0.3) is 5.91 Å². The van der Waals surface area contributed by atoms with Gasteiger partial charge in [0, 0.05) is 23.4 Å². The number of amides is 1. The highest BCUT2D eigenvalue weighted by Crippen LogP contribution is 2.35. The minimum absolute atomic E-state index is 0.0503. The molecule has 0 radical (unpaired) electrons. The number of hydrogen-bond acceptors (Lipinski definition) is 4. The number of fused-ring (bicyclic) bond motifs is 2. The zero-order chi connectivity index (χ0) is 20.7. The minimum atomic E-state index is -0.679. The van der Waals surface area contributed by atoms with Gasteiger partial charge in [-0.1, -0.05) is 29.8 Å². The van der Waals surface area contributed by atoms with Gasteiger partial charge in [0.15, 0.2) is 11.5 Å². The van der Waals surface area contributed by atoms with Crippen LogP contribution in [0.25, 0.3) is 22.4 Å². The molecule has 4 aromatic rings. The molecule has 1 aliphatic heterocycles. The molecule has 0 spiro atoms. The molecule has 30 heavy (non-hydrogen) atoms. The third-order valence-corrected chi connectivity index (χ3v) is 5.04. The number of aromatic amines is 1. The summed E-state index contributed by atoms with van der Waals surface area (Å²) in [7, 11) is 0. The monoisotopic (exact) mass is 423 g/mol. The predicted molar refractivity (Wildman–Crippen MR) is 112 cm³/mol. The lowest BCUT2D eigenvalue weighted by atomic mass is 10.1. The number of imidazole rings is 1. The lowest BCUT2D eigenvalue weighted by Gasteiger charge is -2.17. The summed E-state index contributed by atoms with van der Waals surface area (Å²) in [6, 6.07) is 14.9. The summed E-state index contributed by atoms with van der Waals surface area (Å²) < 4.78 is 25.2. The Morgan fingerprint density at radius 1 is 1.07 bits per heavy atom. The highest BCUT2D eigenvalue weighted by Gasteiger charge is 2.17. The van der Waals surface area contributed by atoms with E-state index in [2.05, 4.69) is 15.3 Å². The number of H-pyrrole nitrogens is 1. The van der Waals surface area contributed by atoms with E-state index in [9.17, 15) is 9.18 Å². The summed E-state index contributed by atoms with van der Waals surface area (Å²) in [5, 5.41) is 2.73. The first-order valence-electron chi connectivity index (χ1n) is 9.23. The van der Waals surface area contributed by atoms with Crippen molar-refractivity contribution < 1.29 is 18.7 Å². The molecule has 2 heterocycles. The summed E-state index contributed by atoms with van der Waals surface area (Å²) in [4.78, 5) is 20.4. The Morgan fingerprint density at radius 3 is 2.63 bits per heavy atom. The number of rotatable bonds is 3. The fourth-order valence-electron chi connectivity index (χ4n) is 3.34. The number of aromatic nitrogens is 2. The SMILES string of the molecule is O=C(Nc1cccc(-c2nc3cc4c(cc3[nH]2)OCCO4)c1)c1c(F)cccc1Cl. The first kappa shape index (κ1) is 18.4. The Morgan fingerprint density at radius 2 is 1.83 bits per heavy atom. The van der Waals surface area contributed by atoms with Gasteiger partial charge in [-0.2, -0.15) is 0 Å². The van der Waals surface area contributed by atoms with Crippen LogP contribution in [0, 0.1) is 5.82 Å². The number of halogens is 2. The topological polar surface area (TPSA) is 76.2 Å². The van der Waals surface area contributed by atoms with E-state index >= 15 is 0 Å². The number of carbonyl (C=O) groups excluding carboxylic acids is 1. The molecule has 8 heteroatoms. The first-order valence-corrected chi connectivity index (χ1v) is 9.61. The lowest BCUT2D eigenvalue weighted by Crippen LogP contribution is -2.15. The van der Waals surface area contributed by atoms with Crippen molar-refractivity contribution in [2.24, 2.45) is 0 Å². The number of ether oxygens (including phenoxy) is 2. The Bertz CT molecular complexity index is 1220. The zero-order valence-electron chi connectivity index (χ0n) is 15.5. The molecule has 2 N–H and O–H groups in total. The molecule has 0 bridgehead atoms. The van der Waals surface area contributed by atoms with E-state index in [-0.39, 0.29) is 10.6 Å². The van der Waals surface area contributed by atoms with Gasteiger partial charge < -0.3 is 19.8 Å². The number of benzene rings is 3. The summed E-state index contributed by atoms with van der Waals surface area (Å²) in [6.07, 6.45) is 0. The summed E-state index contributed by atoms with van der Waals surface area (Å²) >= 11 is 5.98. The number of nitrogens with zero attached hydrogens (tertiary/aromatic N) is 1. The smallest absolute Gasteiger partial charge is 0.260 e. The van der Waals surface area contributed by atoms with Crippen LogP contribution in [-0.4, -0.2) is 29.1 Å². The van der Waals surface area contributed by atoms with Crippen LogP contribution in [0.2, 0.25) is 5.02 Å². The molecule has 0 unspecified atom stereocenters. The highest BCUT2D eigenvalue weighted by atomic mass is 35.5. The molecule has 0 aliphatic carbocycles. The Kier molecular flexibility index (Phi) is 4.52. The molecule has 6 nitrogen and oxygen atoms in total. The fourth-order valence-corrected chi connectivity index (χ4v) is 3.58. The van der Waals surface area contributed by atoms with E-state index in [1.165, 1.54) is 18.2 Å². The average Bonchev–Trinajstić information content (AvgIpc) is 3.15. The van der Waals surface area contributed by atoms with E-state index in [0.29, 0.717) is 36.2 Å². The molecule has 0 fully saturated rings. The molecular weight excluding hydrogens is 409 g/mol. The molecule has 1 aromatic heterocycles. The standard InChI is InChI=1S/C22H15ClFN3O3/c23-14-5-2-6-15(24)20(14)22(28)25-13-4-1-3-12(9-13)21-26-16-10-18-19(11-17(16)27-21)30-8-7-29-18/h1-6,9-11H,7-8H2,(H,25,28)(H,26,27). The van der Waals surface area contributed by atoms with Crippen LogP contribution in [0.3, 0.4) is 0 Å². The Labute approximate surface area is 175 Å². The normalized spacial score (nSPS) is 12.7. The van der Waals surface area contributed by atoms with E-state index in [0.717, 1.165) is 16.6 Å². The molecule has 0 saturated heterocycles. The second kappa shape index (κ2) is 7.35. The molecule has 150 valence electrons. The Hall–Kier alpha value is -3.58. The molecule has 5 rings (SSSR count). The second-order valence-electron chi connectivity index (χ2n) is 6.73. The van der Waals surface area contributed by atoms with Crippen molar-refractivity contribution in [3.63, 3.8) is 0 Å². The van der Waals surface area contributed by atoms with Crippen LogP contribution >= 0.6 is 11.6 Å².